The lowest BCUT2D eigenvalue weighted by Crippen LogP contribution is -2.32. The summed E-state index contributed by atoms with van der Waals surface area (Å²) in [5.41, 5.74) is 2.25. The van der Waals surface area contributed by atoms with E-state index in [1.165, 1.54) is 6.07 Å². The molecule has 0 radical (unpaired) electrons. The maximum Gasteiger partial charge on any atom is 0.181 e. The third-order valence-electron chi connectivity index (χ3n) is 5.78. The van der Waals surface area contributed by atoms with Crippen LogP contribution in [0.3, 0.4) is 0 Å². The van der Waals surface area contributed by atoms with E-state index >= 15 is 0 Å². The molecule has 1 saturated carbocycles. The van der Waals surface area contributed by atoms with E-state index in [0.29, 0.717) is 23.4 Å². The monoisotopic (exact) mass is 463 g/mol. The molecule has 1 aliphatic carbocycles. The fourth-order valence-corrected chi connectivity index (χ4v) is 6.28. The van der Waals surface area contributed by atoms with Gasteiger partial charge in [-0.15, -0.1) is 0 Å². The first-order valence-electron chi connectivity index (χ1n) is 10.4. The largest absolute Gasteiger partial charge is 0.393 e. The predicted molar refractivity (Wildman–Crippen MR) is 120 cm³/mol. The molecule has 2 unspecified atom stereocenters. The molecule has 2 aliphatic rings. The zero-order valence-corrected chi connectivity index (χ0v) is 18.8. The van der Waals surface area contributed by atoms with Crippen molar-refractivity contribution >= 4 is 27.1 Å². The van der Waals surface area contributed by atoms with Crippen LogP contribution in [0.15, 0.2) is 53.8 Å². The highest BCUT2D eigenvalue weighted by Crippen LogP contribution is 2.35. The minimum absolute atomic E-state index is 0.176. The zero-order valence-electron chi connectivity index (χ0n) is 17.2. The van der Waals surface area contributed by atoms with Crippen molar-refractivity contribution in [2.24, 2.45) is 0 Å². The van der Waals surface area contributed by atoms with E-state index in [1.54, 1.807) is 35.2 Å². The highest BCUT2D eigenvalue weighted by atomic mass is 35.5. The molecule has 2 N–H and O–H groups in total. The Hall–Kier alpha value is -2.13. The number of hydrogen-bond donors (Lipinski definition) is 2. The first kappa shape index (κ1) is 22.1. The first-order chi connectivity index (χ1) is 14.8. The summed E-state index contributed by atoms with van der Waals surface area (Å²) in [6, 6.07) is 4.74. The lowest BCUT2D eigenvalue weighted by molar-refractivity contribution is 0.0780. The van der Waals surface area contributed by atoms with Gasteiger partial charge in [0.15, 0.2) is 9.84 Å². The van der Waals surface area contributed by atoms with Crippen molar-refractivity contribution in [3.05, 3.63) is 54.0 Å². The number of sulfone groups is 1. The van der Waals surface area contributed by atoms with Gasteiger partial charge in [-0.25, -0.2) is 13.1 Å². The third-order valence-corrected chi connectivity index (χ3v) is 8.31. The minimum atomic E-state index is -3.53. The summed E-state index contributed by atoms with van der Waals surface area (Å²) in [6.07, 6.45) is 9.80. The van der Waals surface area contributed by atoms with Crippen LogP contribution in [0.2, 0.25) is 5.02 Å². The lowest BCUT2D eigenvalue weighted by atomic mass is 10.1. The van der Waals surface area contributed by atoms with Crippen LogP contribution in [0.1, 0.15) is 32.6 Å². The molecule has 0 saturated heterocycles. The van der Waals surface area contributed by atoms with Crippen LogP contribution in [0.25, 0.3) is 16.8 Å². The molecular weight excluding hydrogens is 438 g/mol. The number of halogens is 1. The van der Waals surface area contributed by atoms with Crippen LogP contribution < -0.4 is 0 Å². The van der Waals surface area contributed by atoms with E-state index < -0.39 is 27.4 Å². The van der Waals surface area contributed by atoms with Gasteiger partial charge in [-0.2, -0.15) is 5.10 Å². The molecule has 166 valence electrons. The third kappa shape index (κ3) is 4.43. The Morgan fingerprint density at radius 2 is 2.06 bits per heavy atom. The van der Waals surface area contributed by atoms with Crippen molar-refractivity contribution in [2.75, 3.05) is 6.54 Å². The van der Waals surface area contributed by atoms with Gasteiger partial charge in [0.05, 0.1) is 28.1 Å². The first-order valence-corrected chi connectivity index (χ1v) is 12.3. The molecule has 0 amide bonds. The quantitative estimate of drug-likeness (QED) is 0.682. The predicted octanol–water partition coefficient (Wildman–Crippen LogP) is 3.29. The summed E-state index contributed by atoms with van der Waals surface area (Å²) in [7, 11) is -3.53. The Morgan fingerprint density at radius 1 is 1.26 bits per heavy atom. The Balaban J connectivity index is 1.58. The van der Waals surface area contributed by atoms with E-state index in [-0.39, 0.29) is 11.3 Å². The summed E-state index contributed by atoms with van der Waals surface area (Å²) in [5, 5.41) is 23.9. The van der Waals surface area contributed by atoms with E-state index in [2.05, 4.69) is 5.10 Å². The topological polar surface area (TPSA) is 95.7 Å². The molecule has 7 nitrogen and oxygen atoms in total. The number of aromatic nitrogens is 2. The van der Waals surface area contributed by atoms with Crippen molar-refractivity contribution < 1.29 is 18.6 Å². The van der Waals surface area contributed by atoms with Gasteiger partial charge in [0, 0.05) is 35.1 Å². The molecule has 1 aliphatic heterocycles. The fourth-order valence-electron chi connectivity index (χ4n) is 4.08. The van der Waals surface area contributed by atoms with E-state index in [1.807, 2.05) is 24.2 Å². The average molecular weight is 464 g/mol. The van der Waals surface area contributed by atoms with Gasteiger partial charge in [0.1, 0.15) is 6.23 Å². The summed E-state index contributed by atoms with van der Waals surface area (Å²) in [4.78, 5) is 2.01. The molecule has 0 spiro atoms. The van der Waals surface area contributed by atoms with E-state index in [9.17, 15) is 18.6 Å². The molecule has 1 aromatic carbocycles. The molecule has 4 rings (SSSR count). The number of aliphatic hydroxyl groups is 2. The molecule has 1 fully saturated rings. The Labute approximate surface area is 187 Å². The molecule has 1 aromatic heterocycles. The fraction of sp³-hybridized carbons (Fsp3) is 0.409. The molecule has 3 atom stereocenters. The second kappa shape index (κ2) is 8.78. The van der Waals surface area contributed by atoms with Crippen molar-refractivity contribution in [3.63, 3.8) is 0 Å². The van der Waals surface area contributed by atoms with Gasteiger partial charge in [-0.1, -0.05) is 24.6 Å². The molecule has 2 aromatic rings. The number of hydrogen-bond acceptors (Lipinski definition) is 6. The average Bonchev–Trinajstić information content (AvgIpc) is 3.39. The van der Waals surface area contributed by atoms with Crippen molar-refractivity contribution in [2.45, 2.75) is 55.1 Å². The van der Waals surface area contributed by atoms with Crippen LogP contribution in [-0.2, 0) is 9.84 Å². The Morgan fingerprint density at radius 3 is 2.74 bits per heavy atom. The second-order valence-electron chi connectivity index (χ2n) is 8.01. The summed E-state index contributed by atoms with van der Waals surface area (Å²) >= 11 is 6.46. The highest BCUT2D eigenvalue weighted by molar-refractivity contribution is 7.92. The van der Waals surface area contributed by atoms with Gasteiger partial charge in [-0.3, -0.25) is 0 Å². The summed E-state index contributed by atoms with van der Waals surface area (Å²) < 4.78 is 27.4. The maximum absolute atomic E-state index is 12.9. The number of allylic oxidation sites excluding steroid dienone is 2. The van der Waals surface area contributed by atoms with E-state index in [4.69, 9.17) is 11.6 Å². The number of rotatable bonds is 6. The number of aliphatic hydroxyl groups excluding tert-OH is 2. The SMILES string of the molecule is CCCN1C=C(n2cc(-c3ccc(S(=O)(=O)C4CC[C@@H](O)C4)cc3Cl)cn2)C=CC1O. The van der Waals surface area contributed by atoms with Crippen LogP contribution in [-0.4, -0.2) is 57.4 Å². The summed E-state index contributed by atoms with van der Waals surface area (Å²) in [5.74, 6) is 0. The van der Waals surface area contributed by atoms with Crippen molar-refractivity contribution in [1.82, 2.24) is 14.7 Å². The Kier molecular flexibility index (Phi) is 6.25. The standard InChI is InChI=1S/C22H26ClN3O4S/c1-2-9-25-14-16(3-8-22(25)28)26-13-15(12-24-26)20-7-6-19(11-21(20)23)31(29,30)18-5-4-17(27)10-18/h3,6-8,11-14,17-18,22,27-28H,2,4-5,9-10H2,1H3/t17-,18?,22?/m1/s1. The van der Waals surface area contributed by atoms with Crippen LogP contribution >= 0.6 is 11.6 Å². The van der Waals surface area contributed by atoms with Crippen LogP contribution in [0.5, 0.6) is 0 Å². The number of benzene rings is 1. The normalized spacial score (nSPS) is 23.9. The molecule has 2 heterocycles. The van der Waals surface area contributed by atoms with Gasteiger partial charge < -0.3 is 15.1 Å². The van der Waals surface area contributed by atoms with E-state index in [0.717, 1.165) is 24.2 Å². The number of nitrogens with zero attached hydrogens (tertiary/aromatic N) is 3. The lowest BCUT2D eigenvalue weighted by Gasteiger charge is -2.27. The summed E-state index contributed by atoms with van der Waals surface area (Å²) in [6.45, 7) is 2.77. The van der Waals surface area contributed by atoms with Crippen molar-refractivity contribution in [1.29, 1.82) is 0 Å². The van der Waals surface area contributed by atoms with Gasteiger partial charge >= 0.3 is 0 Å². The smallest absolute Gasteiger partial charge is 0.181 e. The molecule has 0 bridgehead atoms. The van der Waals surface area contributed by atoms with Crippen molar-refractivity contribution in [3.8, 4) is 11.1 Å². The zero-order chi connectivity index (χ0) is 22.2. The second-order valence-corrected chi connectivity index (χ2v) is 10.6. The van der Waals surface area contributed by atoms with Gasteiger partial charge in [-0.05, 0) is 50.0 Å². The highest BCUT2D eigenvalue weighted by Gasteiger charge is 2.34. The van der Waals surface area contributed by atoms with Gasteiger partial charge in [0.25, 0.3) is 0 Å². The Bertz CT molecular complexity index is 1130. The maximum atomic E-state index is 12.9. The van der Waals surface area contributed by atoms with Crippen LogP contribution in [0.4, 0.5) is 0 Å². The molecular formula is C22H26ClN3O4S. The molecule has 9 heteroatoms. The molecule has 31 heavy (non-hydrogen) atoms. The van der Waals surface area contributed by atoms with Gasteiger partial charge in [0.2, 0.25) is 0 Å². The minimum Gasteiger partial charge on any atom is -0.393 e. The van der Waals surface area contributed by atoms with Crippen LogP contribution in [0, 0.1) is 0 Å².